The number of rotatable bonds is 9. The summed E-state index contributed by atoms with van der Waals surface area (Å²) < 4.78 is 1.45. The summed E-state index contributed by atoms with van der Waals surface area (Å²) >= 11 is 0. The van der Waals surface area contributed by atoms with Crippen molar-refractivity contribution in [3.63, 3.8) is 0 Å². The molecular formula is C20H34N8O. The number of likely N-dealkylation sites (N-methyl/N-ethyl adjacent to an activating group) is 1. The molecule has 3 heterocycles. The van der Waals surface area contributed by atoms with E-state index in [2.05, 4.69) is 63.0 Å². The number of nitrogens with zero attached hydrogens (tertiary/aromatic N) is 8. The zero-order chi connectivity index (χ0) is 20.8. The first kappa shape index (κ1) is 21.4. The van der Waals surface area contributed by atoms with Crippen LogP contribution in [0.15, 0.2) is 12.1 Å². The molecular weight excluding hydrogens is 368 g/mol. The molecule has 9 nitrogen and oxygen atoms in total. The highest BCUT2D eigenvalue weighted by Gasteiger charge is 2.29. The summed E-state index contributed by atoms with van der Waals surface area (Å²) in [5, 5.41) is 15.9. The molecule has 3 rings (SSSR count). The zero-order valence-corrected chi connectivity index (χ0v) is 18.2. The Balaban J connectivity index is 1.58. The summed E-state index contributed by atoms with van der Waals surface area (Å²) in [5.74, 6) is 1.74. The van der Waals surface area contributed by atoms with E-state index in [0.29, 0.717) is 17.5 Å². The molecule has 1 saturated heterocycles. The first-order valence-electron chi connectivity index (χ1n) is 10.8. The minimum absolute atomic E-state index is 0.0958. The standard InChI is InChI=1S/C20H34N8O/c1-5-25(6-2)13-14-27(15-16(3)4)20(29)17-9-11-26(12-10-17)19-8-7-18-21-23-24-28(18)22-19/h7-8,16-17H,5-6,9-15H2,1-4H3. The molecule has 29 heavy (non-hydrogen) atoms. The van der Waals surface area contributed by atoms with Crippen molar-refractivity contribution in [1.29, 1.82) is 0 Å². The van der Waals surface area contributed by atoms with Gasteiger partial charge in [-0.15, -0.1) is 14.8 Å². The highest BCUT2D eigenvalue weighted by atomic mass is 16.2. The van der Waals surface area contributed by atoms with E-state index in [1.165, 1.54) is 4.63 Å². The lowest BCUT2D eigenvalue weighted by molar-refractivity contribution is -0.137. The van der Waals surface area contributed by atoms with E-state index >= 15 is 0 Å². The van der Waals surface area contributed by atoms with Crippen LogP contribution in [0.1, 0.15) is 40.5 Å². The molecule has 1 fully saturated rings. The Morgan fingerprint density at radius 1 is 1.17 bits per heavy atom. The van der Waals surface area contributed by atoms with Crippen molar-refractivity contribution in [2.45, 2.75) is 40.5 Å². The Hall–Kier alpha value is -2.29. The van der Waals surface area contributed by atoms with Gasteiger partial charge in [-0.3, -0.25) is 4.79 Å². The molecule has 0 saturated carbocycles. The maximum absolute atomic E-state index is 13.2. The van der Waals surface area contributed by atoms with Gasteiger partial charge >= 0.3 is 0 Å². The van der Waals surface area contributed by atoms with Gasteiger partial charge in [0.15, 0.2) is 11.5 Å². The van der Waals surface area contributed by atoms with Crippen molar-refractivity contribution in [3.05, 3.63) is 12.1 Å². The van der Waals surface area contributed by atoms with Crippen molar-refractivity contribution < 1.29 is 4.79 Å². The van der Waals surface area contributed by atoms with Crippen molar-refractivity contribution >= 4 is 17.4 Å². The van der Waals surface area contributed by atoms with Crippen LogP contribution in [-0.2, 0) is 4.79 Å². The van der Waals surface area contributed by atoms with Crippen LogP contribution in [0.3, 0.4) is 0 Å². The average Bonchev–Trinajstić information content (AvgIpc) is 3.21. The first-order valence-corrected chi connectivity index (χ1v) is 10.8. The molecule has 0 atom stereocenters. The van der Waals surface area contributed by atoms with E-state index in [1.54, 1.807) is 0 Å². The van der Waals surface area contributed by atoms with Gasteiger partial charge in [-0.1, -0.05) is 27.7 Å². The number of hydrogen-bond donors (Lipinski definition) is 0. The van der Waals surface area contributed by atoms with Crippen LogP contribution >= 0.6 is 0 Å². The largest absolute Gasteiger partial charge is 0.355 e. The number of piperidine rings is 1. The van der Waals surface area contributed by atoms with Crippen LogP contribution in [0.5, 0.6) is 0 Å². The van der Waals surface area contributed by atoms with Crippen molar-refractivity contribution in [2.75, 3.05) is 50.7 Å². The van der Waals surface area contributed by atoms with Gasteiger partial charge in [0, 0.05) is 38.6 Å². The van der Waals surface area contributed by atoms with Crippen LogP contribution in [-0.4, -0.2) is 86.8 Å². The number of hydrogen-bond acceptors (Lipinski definition) is 7. The summed E-state index contributed by atoms with van der Waals surface area (Å²) in [7, 11) is 0. The Morgan fingerprint density at radius 3 is 2.55 bits per heavy atom. The van der Waals surface area contributed by atoms with E-state index in [4.69, 9.17) is 0 Å². The first-order chi connectivity index (χ1) is 14.0. The van der Waals surface area contributed by atoms with E-state index in [9.17, 15) is 4.79 Å². The molecule has 0 aromatic carbocycles. The molecule has 0 aliphatic carbocycles. The fourth-order valence-electron chi connectivity index (χ4n) is 3.96. The predicted molar refractivity (Wildman–Crippen MR) is 113 cm³/mol. The maximum Gasteiger partial charge on any atom is 0.225 e. The quantitative estimate of drug-likeness (QED) is 0.629. The molecule has 0 radical (unpaired) electrons. The van der Waals surface area contributed by atoms with E-state index in [-0.39, 0.29) is 5.92 Å². The van der Waals surface area contributed by atoms with Gasteiger partial charge in [-0.05, 0) is 54.4 Å². The van der Waals surface area contributed by atoms with Crippen LogP contribution < -0.4 is 4.90 Å². The molecule has 2 aromatic rings. The number of fused-ring (bicyclic) bond motifs is 1. The summed E-state index contributed by atoms with van der Waals surface area (Å²) in [4.78, 5) is 19.9. The lowest BCUT2D eigenvalue weighted by Gasteiger charge is -2.36. The second-order valence-corrected chi connectivity index (χ2v) is 8.18. The van der Waals surface area contributed by atoms with Crippen molar-refractivity contribution in [2.24, 2.45) is 11.8 Å². The van der Waals surface area contributed by atoms with Crippen LogP contribution in [0, 0.1) is 11.8 Å². The molecule has 0 N–H and O–H groups in total. The fraction of sp³-hybridized carbons (Fsp3) is 0.750. The van der Waals surface area contributed by atoms with Gasteiger partial charge in [-0.25, -0.2) is 0 Å². The highest BCUT2D eigenvalue weighted by Crippen LogP contribution is 2.24. The fourth-order valence-corrected chi connectivity index (χ4v) is 3.96. The smallest absolute Gasteiger partial charge is 0.225 e. The molecule has 0 unspecified atom stereocenters. The Labute approximate surface area is 173 Å². The molecule has 0 bridgehead atoms. The third kappa shape index (κ3) is 5.41. The summed E-state index contributed by atoms with van der Waals surface area (Å²) in [5.41, 5.74) is 0.636. The maximum atomic E-state index is 13.2. The zero-order valence-electron chi connectivity index (χ0n) is 18.2. The van der Waals surface area contributed by atoms with Crippen LogP contribution in [0.2, 0.25) is 0 Å². The van der Waals surface area contributed by atoms with Gasteiger partial charge in [0.05, 0.1) is 0 Å². The van der Waals surface area contributed by atoms with E-state index in [0.717, 1.165) is 64.5 Å². The molecule has 9 heteroatoms. The number of amides is 1. The minimum Gasteiger partial charge on any atom is -0.355 e. The summed E-state index contributed by atoms with van der Waals surface area (Å²) in [6.07, 6.45) is 1.71. The normalized spacial score (nSPS) is 15.6. The molecule has 1 aliphatic rings. The topological polar surface area (TPSA) is 82.8 Å². The molecule has 0 spiro atoms. The molecule has 160 valence electrons. The second kappa shape index (κ2) is 9.96. The SMILES string of the molecule is CCN(CC)CCN(CC(C)C)C(=O)C1CCN(c2ccc3nnnn3n2)CC1. The van der Waals surface area contributed by atoms with Crippen molar-refractivity contribution in [3.8, 4) is 0 Å². The monoisotopic (exact) mass is 402 g/mol. The van der Waals surface area contributed by atoms with Gasteiger partial charge in [-0.2, -0.15) is 0 Å². The lowest BCUT2D eigenvalue weighted by atomic mass is 9.94. The predicted octanol–water partition coefficient (Wildman–Crippen LogP) is 1.56. The minimum atomic E-state index is 0.0958. The Kier molecular flexibility index (Phi) is 7.35. The van der Waals surface area contributed by atoms with Crippen molar-refractivity contribution in [1.82, 2.24) is 35.1 Å². The summed E-state index contributed by atoms with van der Waals surface area (Å²) in [6, 6.07) is 3.82. The Bertz CT molecular complexity index is 780. The number of carbonyl (C=O) groups is 1. The van der Waals surface area contributed by atoms with Gasteiger partial charge < -0.3 is 14.7 Å². The highest BCUT2D eigenvalue weighted by molar-refractivity contribution is 5.79. The third-order valence-corrected chi connectivity index (χ3v) is 5.70. The Morgan fingerprint density at radius 2 is 1.90 bits per heavy atom. The molecule has 1 aliphatic heterocycles. The number of carbonyl (C=O) groups excluding carboxylic acids is 1. The lowest BCUT2D eigenvalue weighted by Crippen LogP contribution is -2.46. The average molecular weight is 403 g/mol. The number of tetrazole rings is 1. The van der Waals surface area contributed by atoms with Crippen LogP contribution in [0.25, 0.3) is 5.65 Å². The second-order valence-electron chi connectivity index (χ2n) is 8.18. The van der Waals surface area contributed by atoms with Gasteiger partial charge in [0.25, 0.3) is 0 Å². The van der Waals surface area contributed by atoms with E-state index in [1.807, 2.05) is 12.1 Å². The third-order valence-electron chi connectivity index (χ3n) is 5.70. The van der Waals surface area contributed by atoms with Gasteiger partial charge in [0.1, 0.15) is 0 Å². The number of anilines is 1. The van der Waals surface area contributed by atoms with E-state index < -0.39 is 0 Å². The molecule has 1 amide bonds. The van der Waals surface area contributed by atoms with Crippen LogP contribution in [0.4, 0.5) is 5.82 Å². The summed E-state index contributed by atoms with van der Waals surface area (Å²) in [6.45, 7) is 15.0. The molecule has 2 aromatic heterocycles. The number of aromatic nitrogens is 5. The van der Waals surface area contributed by atoms with Gasteiger partial charge in [0.2, 0.25) is 5.91 Å².